The lowest BCUT2D eigenvalue weighted by molar-refractivity contribution is -0.164. The Bertz CT molecular complexity index is 321. The second kappa shape index (κ2) is 5.48. The standard InChI is InChI=1S/C13H19F3N2/c14-13(15,16)12(7-17)9-18-6-5-10-3-1-2-4-11(10)8-18/h10-12H,1-6,8-9H2. The van der Waals surface area contributed by atoms with Gasteiger partial charge in [0, 0.05) is 13.1 Å². The van der Waals surface area contributed by atoms with E-state index in [0.29, 0.717) is 11.8 Å². The van der Waals surface area contributed by atoms with Crippen LogP contribution in [0.1, 0.15) is 32.1 Å². The lowest BCUT2D eigenvalue weighted by atomic mass is 9.75. The average Bonchev–Trinajstić information content (AvgIpc) is 2.34. The SMILES string of the molecule is N#CC(CN1CCC2CCCCC2C1)C(F)(F)F. The molecule has 0 radical (unpaired) electrons. The second-order valence-corrected chi connectivity index (χ2v) is 5.58. The molecule has 0 aromatic heterocycles. The van der Waals surface area contributed by atoms with Gasteiger partial charge >= 0.3 is 6.18 Å². The van der Waals surface area contributed by atoms with Gasteiger partial charge in [-0.2, -0.15) is 18.4 Å². The van der Waals surface area contributed by atoms with Crippen LogP contribution in [0.3, 0.4) is 0 Å². The van der Waals surface area contributed by atoms with Crippen LogP contribution in [0.4, 0.5) is 13.2 Å². The Labute approximate surface area is 106 Å². The van der Waals surface area contributed by atoms with Gasteiger partial charge in [0.25, 0.3) is 0 Å². The number of piperidine rings is 1. The Morgan fingerprint density at radius 1 is 1.17 bits per heavy atom. The topological polar surface area (TPSA) is 27.0 Å². The molecule has 2 nitrogen and oxygen atoms in total. The molecule has 0 N–H and O–H groups in total. The predicted octanol–water partition coefficient (Wildman–Crippen LogP) is 3.20. The zero-order chi connectivity index (χ0) is 13.2. The normalized spacial score (nSPS) is 31.4. The third-order valence-electron chi connectivity index (χ3n) is 4.37. The Hall–Kier alpha value is -0.760. The number of halogens is 3. The molecule has 0 bridgehead atoms. The summed E-state index contributed by atoms with van der Waals surface area (Å²) in [6, 6.07) is 1.39. The van der Waals surface area contributed by atoms with E-state index in [9.17, 15) is 13.2 Å². The van der Waals surface area contributed by atoms with Gasteiger partial charge in [0.2, 0.25) is 0 Å². The van der Waals surface area contributed by atoms with Gasteiger partial charge in [0.1, 0.15) is 0 Å². The summed E-state index contributed by atoms with van der Waals surface area (Å²) in [5, 5.41) is 8.63. The Balaban J connectivity index is 1.89. The molecule has 1 aliphatic carbocycles. The van der Waals surface area contributed by atoms with E-state index in [2.05, 4.69) is 0 Å². The van der Waals surface area contributed by atoms with E-state index in [1.807, 2.05) is 4.90 Å². The van der Waals surface area contributed by atoms with Crippen molar-refractivity contribution < 1.29 is 13.2 Å². The maximum absolute atomic E-state index is 12.6. The van der Waals surface area contributed by atoms with Crippen LogP contribution in [-0.4, -0.2) is 30.7 Å². The first-order valence-electron chi connectivity index (χ1n) is 6.69. The van der Waals surface area contributed by atoms with Crippen LogP contribution in [0.25, 0.3) is 0 Å². The Kier molecular flexibility index (Phi) is 4.16. The summed E-state index contributed by atoms with van der Waals surface area (Å²) in [4.78, 5) is 1.84. The molecule has 3 unspecified atom stereocenters. The average molecular weight is 260 g/mol. The minimum atomic E-state index is -4.39. The smallest absolute Gasteiger partial charge is 0.301 e. The van der Waals surface area contributed by atoms with Crippen LogP contribution in [-0.2, 0) is 0 Å². The number of alkyl halides is 3. The summed E-state index contributed by atoms with van der Waals surface area (Å²) in [5.41, 5.74) is 0. The molecule has 1 heterocycles. The molecule has 0 spiro atoms. The van der Waals surface area contributed by atoms with Gasteiger partial charge in [-0.15, -0.1) is 0 Å². The van der Waals surface area contributed by atoms with E-state index in [0.717, 1.165) is 25.9 Å². The second-order valence-electron chi connectivity index (χ2n) is 5.58. The molecule has 2 fully saturated rings. The fraction of sp³-hybridized carbons (Fsp3) is 0.923. The minimum Gasteiger partial charge on any atom is -0.301 e. The van der Waals surface area contributed by atoms with Gasteiger partial charge in [0.05, 0.1) is 6.07 Å². The largest absolute Gasteiger partial charge is 0.405 e. The number of nitrogens with zero attached hydrogens (tertiary/aromatic N) is 2. The molecule has 102 valence electrons. The summed E-state index contributed by atoms with van der Waals surface area (Å²) in [5.74, 6) is -0.570. The number of fused-ring (bicyclic) bond motifs is 1. The predicted molar refractivity (Wildman–Crippen MR) is 61.7 cm³/mol. The number of likely N-dealkylation sites (tertiary alicyclic amines) is 1. The lowest BCUT2D eigenvalue weighted by Crippen LogP contribution is -2.45. The van der Waals surface area contributed by atoms with Crippen molar-refractivity contribution in [2.75, 3.05) is 19.6 Å². The van der Waals surface area contributed by atoms with Crippen molar-refractivity contribution in [3.8, 4) is 6.07 Å². The number of nitriles is 1. The first kappa shape index (κ1) is 13.7. The minimum absolute atomic E-state index is 0.150. The molecule has 0 amide bonds. The zero-order valence-electron chi connectivity index (χ0n) is 10.4. The van der Waals surface area contributed by atoms with Crippen LogP contribution in [0, 0.1) is 29.1 Å². The van der Waals surface area contributed by atoms with Crippen LogP contribution in [0.5, 0.6) is 0 Å². The highest BCUT2D eigenvalue weighted by Gasteiger charge is 2.42. The molecule has 1 saturated heterocycles. The molecule has 2 rings (SSSR count). The van der Waals surface area contributed by atoms with Crippen molar-refractivity contribution in [1.82, 2.24) is 4.90 Å². The fourth-order valence-electron chi connectivity index (χ4n) is 3.32. The maximum Gasteiger partial charge on any atom is 0.405 e. The molecule has 18 heavy (non-hydrogen) atoms. The summed E-state index contributed by atoms with van der Waals surface area (Å²) >= 11 is 0. The highest BCUT2D eigenvalue weighted by Crippen LogP contribution is 2.37. The fourth-order valence-corrected chi connectivity index (χ4v) is 3.32. The molecule has 2 aliphatic rings. The molecular weight excluding hydrogens is 241 g/mol. The van der Waals surface area contributed by atoms with E-state index >= 15 is 0 Å². The molecule has 1 aliphatic heterocycles. The molecule has 0 aromatic rings. The highest BCUT2D eigenvalue weighted by atomic mass is 19.4. The quantitative estimate of drug-likeness (QED) is 0.762. The van der Waals surface area contributed by atoms with Crippen molar-refractivity contribution >= 4 is 0 Å². The first-order valence-corrected chi connectivity index (χ1v) is 6.69. The van der Waals surface area contributed by atoms with E-state index in [1.54, 1.807) is 0 Å². The summed E-state index contributed by atoms with van der Waals surface area (Å²) in [6.07, 6.45) is 1.46. The summed E-state index contributed by atoms with van der Waals surface area (Å²) < 4.78 is 37.7. The van der Waals surface area contributed by atoms with Crippen molar-refractivity contribution in [3.63, 3.8) is 0 Å². The van der Waals surface area contributed by atoms with Crippen molar-refractivity contribution in [2.45, 2.75) is 38.3 Å². The van der Waals surface area contributed by atoms with Gasteiger partial charge in [0.15, 0.2) is 5.92 Å². The van der Waals surface area contributed by atoms with Gasteiger partial charge in [-0.3, -0.25) is 0 Å². The Morgan fingerprint density at radius 3 is 2.44 bits per heavy atom. The molecule has 5 heteroatoms. The summed E-state index contributed by atoms with van der Waals surface area (Å²) in [6.45, 7) is 1.32. The van der Waals surface area contributed by atoms with Crippen LogP contribution < -0.4 is 0 Å². The van der Waals surface area contributed by atoms with Crippen molar-refractivity contribution in [1.29, 1.82) is 5.26 Å². The van der Waals surface area contributed by atoms with Gasteiger partial charge in [-0.1, -0.05) is 19.3 Å². The number of rotatable bonds is 2. The first-order chi connectivity index (χ1) is 8.50. The van der Waals surface area contributed by atoms with Gasteiger partial charge < -0.3 is 4.90 Å². The number of hydrogen-bond acceptors (Lipinski definition) is 2. The van der Waals surface area contributed by atoms with Gasteiger partial charge in [-0.25, -0.2) is 0 Å². The van der Waals surface area contributed by atoms with E-state index < -0.39 is 12.1 Å². The third-order valence-corrected chi connectivity index (χ3v) is 4.37. The maximum atomic E-state index is 12.6. The summed E-state index contributed by atoms with van der Waals surface area (Å²) in [7, 11) is 0. The van der Waals surface area contributed by atoms with Crippen molar-refractivity contribution in [3.05, 3.63) is 0 Å². The molecule has 1 saturated carbocycles. The van der Waals surface area contributed by atoms with Crippen LogP contribution in [0.2, 0.25) is 0 Å². The molecule has 0 aromatic carbocycles. The number of hydrogen-bond donors (Lipinski definition) is 0. The van der Waals surface area contributed by atoms with Crippen molar-refractivity contribution in [2.24, 2.45) is 17.8 Å². The zero-order valence-corrected chi connectivity index (χ0v) is 10.4. The molecule has 3 atom stereocenters. The van der Waals surface area contributed by atoms with Crippen LogP contribution in [0.15, 0.2) is 0 Å². The third kappa shape index (κ3) is 3.17. The highest BCUT2D eigenvalue weighted by molar-refractivity contribution is 4.92. The Morgan fingerprint density at radius 2 is 1.83 bits per heavy atom. The van der Waals surface area contributed by atoms with E-state index in [1.165, 1.54) is 25.3 Å². The van der Waals surface area contributed by atoms with E-state index in [-0.39, 0.29) is 6.54 Å². The van der Waals surface area contributed by atoms with Crippen LogP contribution >= 0.6 is 0 Å². The van der Waals surface area contributed by atoms with Gasteiger partial charge in [-0.05, 0) is 31.2 Å². The monoisotopic (exact) mass is 260 g/mol. The van der Waals surface area contributed by atoms with E-state index in [4.69, 9.17) is 5.26 Å². The lowest BCUT2D eigenvalue weighted by Gasteiger charge is -2.41. The molecular formula is C13H19F3N2.